The van der Waals surface area contributed by atoms with Crippen molar-refractivity contribution in [1.82, 2.24) is 4.98 Å². The normalized spacial score (nSPS) is 10.2. The molecule has 108 valence electrons. The molecule has 0 spiro atoms. The van der Waals surface area contributed by atoms with Gasteiger partial charge in [0.2, 0.25) is 0 Å². The van der Waals surface area contributed by atoms with Crippen molar-refractivity contribution in [2.45, 2.75) is 20.3 Å². The summed E-state index contributed by atoms with van der Waals surface area (Å²) < 4.78 is 5.63. The predicted octanol–water partition coefficient (Wildman–Crippen LogP) is 3.47. The fourth-order valence-electron chi connectivity index (χ4n) is 1.76. The fraction of sp³-hybridized carbons (Fsp3) is 0.188. The monoisotopic (exact) mass is 285 g/mol. The van der Waals surface area contributed by atoms with Gasteiger partial charge in [0.25, 0.3) is 0 Å². The Balaban J connectivity index is 2.23. The molecule has 0 atom stereocenters. The standard InChI is InChI=1S/C16H15NO4/c1-3-14(18)13-7-6-12(9-17-13)21-15-8-11(16(19)20)5-4-10(15)2/h4-9H,3H2,1-2H3,(H,19,20). The zero-order valence-electron chi connectivity index (χ0n) is 11.8. The molecule has 0 aliphatic rings. The van der Waals surface area contributed by atoms with Crippen LogP contribution >= 0.6 is 0 Å². The van der Waals surface area contributed by atoms with E-state index in [2.05, 4.69) is 4.98 Å². The van der Waals surface area contributed by atoms with Crippen molar-refractivity contribution < 1.29 is 19.4 Å². The van der Waals surface area contributed by atoms with Gasteiger partial charge in [0.05, 0.1) is 11.8 Å². The van der Waals surface area contributed by atoms with E-state index in [1.54, 1.807) is 25.1 Å². The Morgan fingerprint density at radius 1 is 1.24 bits per heavy atom. The summed E-state index contributed by atoms with van der Waals surface area (Å²) in [5.41, 5.74) is 1.36. The molecule has 0 radical (unpaired) electrons. The highest BCUT2D eigenvalue weighted by Crippen LogP contribution is 2.26. The number of hydrogen-bond acceptors (Lipinski definition) is 4. The van der Waals surface area contributed by atoms with Crippen LogP contribution in [-0.4, -0.2) is 21.8 Å². The second kappa shape index (κ2) is 6.17. The van der Waals surface area contributed by atoms with Crippen LogP contribution < -0.4 is 4.74 Å². The molecule has 0 amide bonds. The Morgan fingerprint density at radius 2 is 2.00 bits per heavy atom. The number of aromatic carboxylic acids is 1. The summed E-state index contributed by atoms with van der Waals surface area (Å²) in [5, 5.41) is 8.99. The van der Waals surface area contributed by atoms with E-state index in [9.17, 15) is 9.59 Å². The largest absolute Gasteiger partial charge is 0.478 e. The summed E-state index contributed by atoms with van der Waals surface area (Å²) in [4.78, 5) is 26.5. The van der Waals surface area contributed by atoms with Gasteiger partial charge in [-0.3, -0.25) is 4.79 Å². The molecule has 0 aliphatic heterocycles. The minimum atomic E-state index is -1.01. The van der Waals surface area contributed by atoms with Crippen molar-refractivity contribution >= 4 is 11.8 Å². The summed E-state index contributed by atoms with van der Waals surface area (Å²) in [5.74, 6) is -0.146. The third-order valence-corrected chi connectivity index (χ3v) is 3.01. The number of hydrogen-bond donors (Lipinski definition) is 1. The van der Waals surface area contributed by atoms with E-state index in [1.165, 1.54) is 18.3 Å². The first-order valence-electron chi connectivity index (χ1n) is 6.52. The van der Waals surface area contributed by atoms with Crippen molar-refractivity contribution in [2.24, 2.45) is 0 Å². The maximum Gasteiger partial charge on any atom is 0.335 e. The first-order chi connectivity index (χ1) is 10.0. The maximum atomic E-state index is 11.5. The average molecular weight is 285 g/mol. The molecular weight excluding hydrogens is 270 g/mol. The number of aromatic nitrogens is 1. The molecule has 1 N–H and O–H groups in total. The SMILES string of the molecule is CCC(=O)c1ccc(Oc2cc(C(=O)O)ccc2C)cn1. The molecule has 0 unspecified atom stereocenters. The van der Waals surface area contributed by atoms with Crippen LogP contribution in [0.4, 0.5) is 0 Å². The molecule has 1 aromatic carbocycles. The van der Waals surface area contributed by atoms with Crippen LogP contribution in [0.5, 0.6) is 11.5 Å². The minimum absolute atomic E-state index is 0.0365. The minimum Gasteiger partial charge on any atom is -0.478 e. The molecule has 0 aliphatic carbocycles. The Morgan fingerprint density at radius 3 is 2.57 bits per heavy atom. The molecule has 2 rings (SSSR count). The number of ketones is 1. The van der Waals surface area contributed by atoms with Gasteiger partial charge in [0.1, 0.15) is 17.2 Å². The number of ether oxygens (including phenoxy) is 1. The van der Waals surface area contributed by atoms with Crippen LogP contribution in [0.2, 0.25) is 0 Å². The molecule has 5 nitrogen and oxygen atoms in total. The van der Waals surface area contributed by atoms with E-state index >= 15 is 0 Å². The summed E-state index contributed by atoms with van der Waals surface area (Å²) >= 11 is 0. The number of Topliss-reactive ketones (excluding diaryl/α,β-unsaturated/α-hetero) is 1. The fourth-order valence-corrected chi connectivity index (χ4v) is 1.76. The molecule has 1 heterocycles. The van der Waals surface area contributed by atoms with E-state index in [-0.39, 0.29) is 11.3 Å². The quantitative estimate of drug-likeness (QED) is 0.851. The lowest BCUT2D eigenvalue weighted by molar-refractivity contribution is 0.0696. The number of carbonyl (C=O) groups is 2. The molecule has 0 saturated carbocycles. The molecule has 5 heteroatoms. The Labute approximate surface area is 122 Å². The number of benzene rings is 1. The number of carboxylic acids is 1. The van der Waals surface area contributed by atoms with Gasteiger partial charge in [-0.1, -0.05) is 13.0 Å². The third-order valence-electron chi connectivity index (χ3n) is 3.01. The van der Waals surface area contributed by atoms with Crippen molar-refractivity contribution in [3.63, 3.8) is 0 Å². The van der Waals surface area contributed by atoms with E-state index < -0.39 is 5.97 Å². The van der Waals surface area contributed by atoms with Crippen molar-refractivity contribution in [3.05, 3.63) is 53.3 Å². The number of rotatable bonds is 5. The highest BCUT2D eigenvalue weighted by Gasteiger charge is 2.09. The highest BCUT2D eigenvalue weighted by atomic mass is 16.5. The predicted molar refractivity (Wildman–Crippen MR) is 77.1 cm³/mol. The summed E-state index contributed by atoms with van der Waals surface area (Å²) in [7, 11) is 0. The van der Waals surface area contributed by atoms with Gasteiger partial charge in [0.15, 0.2) is 5.78 Å². The Kier molecular flexibility index (Phi) is 4.33. The molecule has 21 heavy (non-hydrogen) atoms. The van der Waals surface area contributed by atoms with Crippen LogP contribution in [0.1, 0.15) is 39.8 Å². The van der Waals surface area contributed by atoms with Gasteiger partial charge in [-0.25, -0.2) is 9.78 Å². The lowest BCUT2D eigenvalue weighted by Crippen LogP contribution is -2.00. The van der Waals surface area contributed by atoms with Gasteiger partial charge in [-0.2, -0.15) is 0 Å². The second-order valence-electron chi connectivity index (χ2n) is 4.54. The molecule has 0 saturated heterocycles. The van der Waals surface area contributed by atoms with Crippen LogP contribution in [-0.2, 0) is 0 Å². The molecule has 0 fully saturated rings. The van der Waals surface area contributed by atoms with Crippen LogP contribution in [0.25, 0.3) is 0 Å². The number of aryl methyl sites for hydroxylation is 1. The van der Waals surface area contributed by atoms with Gasteiger partial charge in [-0.15, -0.1) is 0 Å². The summed E-state index contributed by atoms with van der Waals surface area (Å²) in [6.07, 6.45) is 1.85. The van der Waals surface area contributed by atoms with E-state index in [1.807, 2.05) is 6.92 Å². The van der Waals surface area contributed by atoms with Crippen molar-refractivity contribution in [1.29, 1.82) is 0 Å². The van der Waals surface area contributed by atoms with Gasteiger partial charge in [-0.05, 0) is 36.8 Å². The first kappa shape index (κ1) is 14.7. The number of carbonyl (C=O) groups excluding carboxylic acids is 1. The van der Waals surface area contributed by atoms with E-state index in [0.29, 0.717) is 23.6 Å². The lowest BCUT2D eigenvalue weighted by atomic mass is 10.1. The van der Waals surface area contributed by atoms with Gasteiger partial charge in [0, 0.05) is 6.42 Å². The Bertz CT molecular complexity index is 677. The van der Waals surface area contributed by atoms with Crippen LogP contribution in [0, 0.1) is 6.92 Å². The van der Waals surface area contributed by atoms with E-state index in [0.717, 1.165) is 5.56 Å². The molecule has 0 bridgehead atoms. The number of nitrogens with zero attached hydrogens (tertiary/aromatic N) is 1. The maximum absolute atomic E-state index is 11.5. The smallest absolute Gasteiger partial charge is 0.335 e. The summed E-state index contributed by atoms with van der Waals surface area (Å²) in [6, 6.07) is 7.90. The van der Waals surface area contributed by atoms with Gasteiger partial charge < -0.3 is 9.84 Å². The first-order valence-corrected chi connectivity index (χ1v) is 6.52. The zero-order valence-corrected chi connectivity index (χ0v) is 11.8. The lowest BCUT2D eigenvalue weighted by Gasteiger charge is -2.09. The molecule has 2 aromatic rings. The highest BCUT2D eigenvalue weighted by molar-refractivity contribution is 5.94. The number of pyridine rings is 1. The average Bonchev–Trinajstić information content (AvgIpc) is 2.49. The van der Waals surface area contributed by atoms with Crippen LogP contribution in [0.3, 0.4) is 0 Å². The van der Waals surface area contributed by atoms with Crippen molar-refractivity contribution in [2.75, 3.05) is 0 Å². The molecular formula is C16H15NO4. The second-order valence-corrected chi connectivity index (χ2v) is 4.54. The van der Waals surface area contributed by atoms with E-state index in [4.69, 9.17) is 9.84 Å². The number of carboxylic acid groups (broad SMARTS) is 1. The van der Waals surface area contributed by atoms with Gasteiger partial charge >= 0.3 is 5.97 Å². The van der Waals surface area contributed by atoms with Crippen LogP contribution in [0.15, 0.2) is 36.5 Å². The Hall–Kier alpha value is -2.69. The van der Waals surface area contributed by atoms with Crippen molar-refractivity contribution in [3.8, 4) is 11.5 Å². The summed E-state index contributed by atoms with van der Waals surface area (Å²) in [6.45, 7) is 3.60. The molecule has 1 aromatic heterocycles. The topological polar surface area (TPSA) is 76.5 Å². The zero-order chi connectivity index (χ0) is 15.4. The third kappa shape index (κ3) is 3.45.